The van der Waals surface area contributed by atoms with Crippen molar-refractivity contribution in [3.05, 3.63) is 90.4 Å². The first-order chi connectivity index (χ1) is 14.2. The Morgan fingerprint density at radius 3 is 2.69 bits per heavy atom. The predicted octanol–water partition coefficient (Wildman–Crippen LogP) is 4.53. The highest BCUT2D eigenvalue weighted by Gasteiger charge is 2.14. The molecule has 0 spiro atoms. The highest BCUT2D eigenvalue weighted by molar-refractivity contribution is 7.80. The van der Waals surface area contributed by atoms with Crippen LogP contribution >= 0.6 is 12.2 Å². The number of thiocarbonyl (C=S) groups is 1. The molecule has 2 heterocycles. The maximum atomic E-state index is 12.4. The zero-order valence-corrected chi connectivity index (χ0v) is 16.1. The van der Waals surface area contributed by atoms with Gasteiger partial charge in [-0.15, -0.1) is 0 Å². The fraction of sp³-hybridized carbons (Fsp3) is 0.0455. The standard InChI is InChI=1S/C22H17N3O3S/c26-21(20-12-16-13-23-11-10-18(16)28-20)25-22(29)24-17-8-4-5-9-19(17)27-14-15-6-2-1-3-7-15/h1-13H,14H2,(H2,24,25,26,29). The lowest BCUT2D eigenvalue weighted by Crippen LogP contribution is -2.34. The Kier molecular flexibility index (Phi) is 5.49. The number of aromatic nitrogens is 1. The van der Waals surface area contributed by atoms with E-state index in [2.05, 4.69) is 15.6 Å². The number of hydrogen-bond donors (Lipinski definition) is 2. The summed E-state index contributed by atoms with van der Waals surface area (Å²) in [6.07, 6.45) is 3.23. The summed E-state index contributed by atoms with van der Waals surface area (Å²) in [5.74, 6) is 0.343. The quantitative estimate of drug-likeness (QED) is 0.477. The molecule has 2 aromatic heterocycles. The highest BCUT2D eigenvalue weighted by atomic mass is 32.1. The van der Waals surface area contributed by atoms with Gasteiger partial charge in [0.25, 0.3) is 5.91 Å². The van der Waals surface area contributed by atoms with Crippen LogP contribution in [-0.4, -0.2) is 16.0 Å². The molecule has 4 aromatic rings. The van der Waals surface area contributed by atoms with Gasteiger partial charge in [0, 0.05) is 17.8 Å². The molecular formula is C22H17N3O3S. The van der Waals surface area contributed by atoms with E-state index in [4.69, 9.17) is 21.4 Å². The molecule has 6 nitrogen and oxygen atoms in total. The summed E-state index contributed by atoms with van der Waals surface area (Å²) in [7, 11) is 0. The van der Waals surface area contributed by atoms with E-state index < -0.39 is 5.91 Å². The van der Waals surface area contributed by atoms with Gasteiger partial charge in [-0.25, -0.2) is 0 Å². The van der Waals surface area contributed by atoms with Crippen LogP contribution in [0.3, 0.4) is 0 Å². The van der Waals surface area contributed by atoms with Crippen molar-refractivity contribution >= 4 is 39.9 Å². The smallest absolute Gasteiger partial charge is 0.293 e. The van der Waals surface area contributed by atoms with Crippen LogP contribution < -0.4 is 15.4 Å². The van der Waals surface area contributed by atoms with E-state index in [1.54, 1.807) is 24.5 Å². The summed E-state index contributed by atoms with van der Waals surface area (Å²) in [6, 6.07) is 20.6. The molecule has 2 aromatic carbocycles. The molecule has 0 saturated heterocycles. The van der Waals surface area contributed by atoms with Crippen molar-refractivity contribution in [2.75, 3.05) is 5.32 Å². The Balaban J connectivity index is 1.41. The Bertz CT molecular complexity index is 1130. The lowest BCUT2D eigenvalue weighted by molar-refractivity contribution is 0.0953. The summed E-state index contributed by atoms with van der Waals surface area (Å²) < 4.78 is 11.4. The van der Waals surface area contributed by atoms with Gasteiger partial charge in [0.05, 0.1) is 5.69 Å². The number of anilines is 1. The average molecular weight is 403 g/mol. The van der Waals surface area contributed by atoms with Crippen LogP contribution in [0.15, 0.2) is 83.5 Å². The van der Waals surface area contributed by atoms with Crippen LogP contribution in [0.1, 0.15) is 16.1 Å². The monoisotopic (exact) mass is 403 g/mol. The minimum atomic E-state index is -0.443. The zero-order chi connectivity index (χ0) is 20.1. The van der Waals surface area contributed by atoms with E-state index >= 15 is 0 Å². The largest absolute Gasteiger partial charge is 0.487 e. The zero-order valence-electron chi connectivity index (χ0n) is 15.3. The number of furan rings is 1. The van der Waals surface area contributed by atoms with Crippen LogP contribution in [-0.2, 0) is 6.61 Å². The van der Waals surface area contributed by atoms with Crippen molar-refractivity contribution in [1.29, 1.82) is 0 Å². The normalized spacial score (nSPS) is 10.5. The maximum absolute atomic E-state index is 12.4. The summed E-state index contributed by atoms with van der Waals surface area (Å²) in [5, 5.41) is 6.51. The third kappa shape index (κ3) is 4.59. The molecule has 4 rings (SSSR count). The summed E-state index contributed by atoms with van der Waals surface area (Å²) in [6.45, 7) is 0.422. The minimum absolute atomic E-state index is 0.143. The number of carbonyl (C=O) groups is 1. The molecule has 0 atom stereocenters. The van der Waals surface area contributed by atoms with Gasteiger partial charge in [-0.2, -0.15) is 0 Å². The van der Waals surface area contributed by atoms with Gasteiger partial charge in [-0.05, 0) is 42.0 Å². The highest BCUT2D eigenvalue weighted by Crippen LogP contribution is 2.25. The molecular weight excluding hydrogens is 386 g/mol. The number of carbonyl (C=O) groups excluding carboxylic acids is 1. The molecule has 1 amide bonds. The first-order valence-corrected chi connectivity index (χ1v) is 9.31. The van der Waals surface area contributed by atoms with Gasteiger partial charge in [-0.3, -0.25) is 15.1 Å². The van der Waals surface area contributed by atoms with Gasteiger partial charge in [-0.1, -0.05) is 42.5 Å². The van der Waals surface area contributed by atoms with E-state index in [1.807, 2.05) is 54.6 Å². The van der Waals surface area contributed by atoms with Crippen LogP contribution in [0.5, 0.6) is 5.75 Å². The van der Waals surface area contributed by atoms with Gasteiger partial charge in [0.1, 0.15) is 17.9 Å². The maximum Gasteiger partial charge on any atom is 0.293 e. The molecule has 0 saturated carbocycles. The molecule has 0 aliphatic carbocycles. The fourth-order valence-corrected chi connectivity index (χ4v) is 2.95. The number of pyridine rings is 1. The van der Waals surface area contributed by atoms with Crippen molar-refractivity contribution in [1.82, 2.24) is 10.3 Å². The Morgan fingerprint density at radius 1 is 1.07 bits per heavy atom. The number of para-hydroxylation sites is 2. The predicted molar refractivity (Wildman–Crippen MR) is 115 cm³/mol. The fourth-order valence-electron chi connectivity index (χ4n) is 2.75. The van der Waals surface area contributed by atoms with Gasteiger partial charge >= 0.3 is 0 Å². The van der Waals surface area contributed by atoms with Crippen molar-refractivity contribution in [2.24, 2.45) is 0 Å². The second-order valence-electron chi connectivity index (χ2n) is 6.20. The molecule has 0 fully saturated rings. The minimum Gasteiger partial charge on any atom is -0.487 e. The molecule has 0 aliphatic heterocycles. The number of benzene rings is 2. The van der Waals surface area contributed by atoms with Gasteiger partial charge < -0.3 is 14.5 Å². The SMILES string of the molecule is O=C(NC(=S)Nc1ccccc1OCc1ccccc1)c1cc2cnccc2o1. The van der Waals surface area contributed by atoms with Gasteiger partial charge in [0.15, 0.2) is 10.9 Å². The molecule has 0 radical (unpaired) electrons. The Hall–Kier alpha value is -3.71. The topological polar surface area (TPSA) is 76.4 Å². The Labute approximate surface area is 172 Å². The lowest BCUT2D eigenvalue weighted by atomic mass is 10.2. The third-order valence-corrected chi connectivity index (χ3v) is 4.34. The van der Waals surface area contributed by atoms with Crippen LogP contribution in [0.2, 0.25) is 0 Å². The van der Waals surface area contributed by atoms with Crippen LogP contribution in [0.4, 0.5) is 5.69 Å². The number of hydrogen-bond acceptors (Lipinski definition) is 5. The molecule has 0 unspecified atom stereocenters. The number of nitrogens with one attached hydrogen (secondary N) is 2. The lowest BCUT2D eigenvalue weighted by Gasteiger charge is -2.14. The number of fused-ring (bicyclic) bond motifs is 1. The summed E-state index contributed by atoms with van der Waals surface area (Å²) in [4.78, 5) is 16.4. The second-order valence-corrected chi connectivity index (χ2v) is 6.61. The van der Waals surface area contributed by atoms with E-state index in [0.717, 1.165) is 10.9 Å². The third-order valence-electron chi connectivity index (χ3n) is 4.14. The molecule has 0 aliphatic rings. The number of amides is 1. The van der Waals surface area contributed by atoms with Crippen molar-refractivity contribution in [3.63, 3.8) is 0 Å². The number of nitrogens with zero attached hydrogens (tertiary/aromatic N) is 1. The van der Waals surface area contributed by atoms with Crippen LogP contribution in [0, 0.1) is 0 Å². The van der Waals surface area contributed by atoms with E-state index in [0.29, 0.717) is 23.6 Å². The molecule has 144 valence electrons. The molecule has 0 bridgehead atoms. The first-order valence-electron chi connectivity index (χ1n) is 8.91. The molecule has 29 heavy (non-hydrogen) atoms. The summed E-state index contributed by atoms with van der Waals surface area (Å²) in [5.41, 5.74) is 2.30. The molecule has 2 N–H and O–H groups in total. The van der Waals surface area contributed by atoms with Crippen molar-refractivity contribution in [3.8, 4) is 5.75 Å². The van der Waals surface area contributed by atoms with E-state index in [-0.39, 0.29) is 10.9 Å². The summed E-state index contributed by atoms with van der Waals surface area (Å²) >= 11 is 5.28. The average Bonchev–Trinajstić information content (AvgIpc) is 3.18. The number of rotatable bonds is 5. The number of ether oxygens (including phenoxy) is 1. The van der Waals surface area contributed by atoms with Crippen molar-refractivity contribution < 1.29 is 13.9 Å². The first kappa shape index (κ1) is 18.6. The Morgan fingerprint density at radius 2 is 1.86 bits per heavy atom. The molecule has 7 heteroatoms. The van der Waals surface area contributed by atoms with Crippen LogP contribution in [0.25, 0.3) is 11.0 Å². The van der Waals surface area contributed by atoms with Gasteiger partial charge in [0.2, 0.25) is 0 Å². The second kappa shape index (κ2) is 8.53. The van der Waals surface area contributed by atoms with E-state index in [1.165, 1.54) is 0 Å². The van der Waals surface area contributed by atoms with E-state index in [9.17, 15) is 4.79 Å². The van der Waals surface area contributed by atoms with Crippen molar-refractivity contribution in [2.45, 2.75) is 6.61 Å².